The van der Waals surface area contributed by atoms with Gasteiger partial charge in [-0.1, -0.05) is 6.08 Å². The Balaban J connectivity index is 1.92. The summed E-state index contributed by atoms with van der Waals surface area (Å²) >= 11 is 0. The molecule has 2 aliphatic rings. The number of amides is 1. The fourth-order valence-electron chi connectivity index (χ4n) is 1.45. The summed E-state index contributed by atoms with van der Waals surface area (Å²) in [6.45, 7) is 3.57. The molecule has 0 bridgehead atoms. The van der Waals surface area contributed by atoms with Crippen LogP contribution < -0.4 is 4.72 Å². The van der Waals surface area contributed by atoms with E-state index in [1.54, 1.807) is 6.08 Å². The van der Waals surface area contributed by atoms with Crippen LogP contribution in [0.25, 0.3) is 0 Å². The molecule has 0 aromatic carbocycles. The number of nitrogens with one attached hydrogen (secondary N) is 1. The molecule has 2 aliphatic carbocycles. The number of hydrogen-bond acceptors (Lipinski definition) is 3. The molecule has 0 spiro atoms. The number of allylic oxidation sites excluding steroid dienone is 1. The van der Waals surface area contributed by atoms with Gasteiger partial charge in [-0.2, -0.15) is 0 Å². The molecule has 2 saturated carbocycles. The minimum Gasteiger partial charge on any atom is -0.274 e. The van der Waals surface area contributed by atoms with E-state index in [0.717, 1.165) is 6.42 Å². The van der Waals surface area contributed by atoms with Crippen LogP contribution in [0.3, 0.4) is 0 Å². The molecular formula is C9H13NO3S. The van der Waals surface area contributed by atoms with Crippen molar-refractivity contribution in [2.24, 2.45) is 11.8 Å². The first-order valence-electron chi connectivity index (χ1n) is 4.72. The Morgan fingerprint density at radius 2 is 2.07 bits per heavy atom. The monoisotopic (exact) mass is 215 g/mol. The molecule has 0 aliphatic heterocycles. The van der Waals surface area contributed by atoms with E-state index in [2.05, 4.69) is 11.3 Å². The molecule has 2 atom stereocenters. The lowest BCUT2D eigenvalue weighted by molar-refractivity contribution is -0.120. The Bertz CT molecular complexity index is 370. The van der Waals surface area contributed by atoms with Crippen LogP contribution in [0.5, 0.6) is 0 Å². The van der Waals surface area contributed by atoms with E-state index in [4.69, 9.17) is 0 Å². The lowest BCUT2D eigenvalue weighted by atomic mass is 10.3. The normalized spacial score (nSPS) is 30.9. The van der Waals surface area contributed by atoms with Crippen molar-refractivity contribution in [3.63, 3.8) is 0 Å². The molecule has 0 unspecified atom stereocenters. The highest BCUT2D eigenvalue weighted by Crippen LogP contribution is 2.39. The highest BCUT2D eigenvalue weighted by Gasteiger charge is 2.44. The number of hydrogen-bond donors (Lipinski definition) is 1. The highest BCUT2D eigenvalue weighted by atomic mass is 32.2. The molecule has 0 aromatic heterocycles. The van der Waals surface area contributed by atoms with Crippen LogP contribution in [0.15, 0.2) is 12.7 Å². The van der Waals surface area contributed by atoms with Crippen molar-refractivity contribution in [2.75, 3.05) is 0 Å². The van der Waals surface area contributed by atoms with Gasteiger partial charge in [0, 0.05) is 5.92 Å². The molecule has 4 nitrogen and oxygen atoms in total. The van der Waals surface area contributed by atoms with Crippen molar-refractivity contribution in [2.45, 2.75) is 24.5 Å². The first kappa shape index (κ1) is 9.71. The Hall–Kier alpha value is -0.840. The second-order valence-corrected chi connectivity index (χ2v) is 5.91. The maximum absolute atomic E-state index is 11.4. The van der Waals surface area contributed by atoms with Gasteiger partial charge in [0.25, 0.3) is 0 Å². The zero-order valence-corrected chi connectivity index (χ0v) is 8.59. The predicted molar refractivity (Wildman–Crippen MR) is 51.9 cm³/mol. The van der Waals surface area contributed by atoms with Gasteiger partial charge in [-0.15, -0.1) is 6.58 Å². The van der Waals surface area contributed by atoms with E-state index < -0.39 is 10.0 Å². The molecular weight excluding hydrogens is 202 g/mol. The second kappa shape index (κ2) is 3.08. The standard InChI is InChI=1S/C9H13NO3S/c1-2-6-5-8(6)9(11)10-14(12,13)7-3-4-7/h2,6-8H,1,3-5H2,(H,10,11)/t6-,8-/m1/s1. The largest absolute Gasteiger partial charge is 0.274 e. The van der Waals surface area contributed by atoms with Crippen molar-refractivity contribution < 1.29 is 13.2 Å². The molecule has 5 heteroatoms. The molecule has 78 valence electrons. The summed E-state index contributed by atoms with van der Waals surface area (Å²) in [5.41, 5.74) is 0. The van der Waals surface area contributed by atoms with Crippen LogP contribution in [-0.4, -0.2) is 19.6 Å². The molecule has 2 fully saturated rings. The topological polar surface area (TPSA) is 63.2 Å². The minimum absolute atomic E-state index is 0.166. The smallest absolute Gasteiger partial charge is 0.237 e. The molecule has 0 radical (unpaired) electrons. The summed E-state index contributed by atoms with van der Waals surface area (Å²) in [7, 11) is -3.36. The van der Waals surface area contributed by atoms with Gasteiger partial charge in [-0.3, -0.25) is 9.52 Å². The van der Waals surface area contributed by atoms with Gasteiger partial charge < -0.3 is 0 Å². The van der Waals surface area contributed by atoms with Gasteiger partial charge in [-0.25, -0.2) is 8.42 Å². The van der Waals surface area contributed by atoms with Crippen molar-refractivity contribution in [3.8, 4) is 0 Å². The summed E-state index contributed by atoms with van der Waals surface area (Å²) in [5.74, 6) is -0.354. The van der Waals surface area contributed by atoms with Crippen molar-refractivity contribution in [3.05, 3.63) is 12.7 Å². The molecule has 0 aromatic rings. The summed E-state index contributed by atoms with van der Waals surface area (Å²) in [6.07, 6.45) is 3.79. The average Bonchev–Trinajstić information content (AvgIpc) is 2.98. The van der Waals surface area contributed by atoms with Crippen LogP contribution in [0, 0.1) is 11.8 Å². The summed E-state index contributed by atoms with van der Waals surface area (Å²) < 4.78 is 24.9. The van der Waals surface area contributed by atoms with E-state index in [-0.39, 0.29) is 23.0 Å². The Morgan fingerprint density at radius 3 is 2.50 bits per heavy atom. The van der Waals surface area contributed by atoms with Crippen LogP contribution in [0.4, 0.5) is 0 Å². The number of rotatable bonds is 4. The van der Waals surface area contributed by atoms with Crippen LogP contribution >= 0.6 is 0 Å². The second-order valence-electron chi connectivity index (χ2n) is 3.95. The molecule has 2 rings (SSSR count). The summed E-state index contributed by atoms with van der Waals surface area (Å²) in [6, 6.07) is 0. The van der Waals surface area contributed by atoms with Crippen molar-refractivity contribution in [1.82, 2.24) is 4.72 Å². The summed E-state index contributed by atoms with van der Waals surface area (Å²) in [4.78, 5) is 11.4. The first-order chi connectivity index (χ1) is 6.54. The number of carbonyl (C=O) groups is 1. The third kappa shape index (κ3) is 1.82. The van der Waals surface area contributed by atoms with Gasteiger partial charge in [0.2, 0.25) is 15.9 Å². The first-order valence-corrected chi connectivity index (χ1v) is 6.27. The van der Waals surface area contributed by atoms with Crippen LogP contribution in [0.2, 0.25) is 0 Å². The predicted octanol–water partition coefficient (Wildman–Crippen LogP) is 0.417. The maximum Gasteiger partial charge on any atom is 0.237 e. The Labute approximate surface area is 83.4 Å². The van der Waals surface area contributed by atoms with Gasteiger partial charge >= 0.3 is 0 Å². The van der Waals surface area contributed by atoms with Crippen LogP contribution in [-0.2, 0) is 14.8 Å². The zero-order chi connectivity index (χ0) is 10.3. The lowest BCUT2D eigenvalue weighted by Crippen LogP contribution is -2.34. The van der Waals surface area contributed by atoms with Crippen LogP contribution in [0.1, 0.15) is 19.3 Å². The van der Waals surface area contributed by atoms with Gasteiger partial charge in [0.15, 0.2) is 0 Å². The Kier molecular flexibility index (Phi) is 2.14. The third-order valence-electron chi connectivity index (χ3n) is 2.69. The molecule has 14 heavy (non-hydrogen) atoms. The van der Waals surface area contributed by atoms with Crippen molar-refractivity contribution >= 4 is 15.9 Å². The summed E-state index contributed by atoms with van der Waals surface area (Å²) in [5, 5.41) is -0.326. The van der Waals surface area contributed by atoms with E-state index in [0.29, 0.717) is 12.8 Å². The highest BCUT2D eigenvalue weighted by molar-refractivity contribution is 7.90. The van der Waals surface area contributed by atoms with Crippen molar-refractivity contribution in [1.29, 1.82) is 0 Å². The molecule has 1 amide bonds. The minimum atomic E-state index is -3.36. The number of sulfonamides is 1. The maximum atomic E-state index is 11.4. The lowest BCUT2D eigenvalue weighted by Gasteiger charge is -2.03. The zero-order valence-electron chi connectivity index (χ0n) is 7.77. The van der Waals surface area contributed by atoms with Gasteiger partial charge in [-0.05, 0) is 25.2 Å². The average molecular weight is 215 g/mol. The fraction of sp³-hybridized carbons (Fsp3) is 0.667. The fourth-order valence-corrected chi connectivity index (χ4v) is 2.81. The molecule has 1 N–H and O–H groups in total. The molecule has 0 saturated heterocycles. The van der Waals surface area contributed by atoms with E-state index in [1.165, 1.54) is 0 Å². The van der Waals surface area contributed by atoms with E-state index in [9.17, 15) is 13.2 Å². The molecule has 0 heterocycles. The van der Waals surface area contributed by atoms with E-state index >= 15 is 0 Å². The third-order valence-corrected chi connectivity index (χ3v) is 4.52. The Morgan fingerprint density at radius 1 is 1.43 bits per heavy atom. The van der Waals surface area contributed by atoms with Gasteiger partial charge in [0.1, 0.15) is 0 Å². The SMILES string of the molecule is C=C[C@@H]1C[C@H]1C(=O)NS(=O)(=O)C1CC1. The van der Waals surface area contributed by atoms with Gasteiger partial charge in [0.05, 0.1) is 5.25 Å². The van der Waals surface area contributed by atoms with E-state index in [1.807, 2.05) is 0 Å². The quantitative estimate of drug-likeness (QED) is 0.691. The number of carbonyl (C=O) groups excluding carboxylic acids is 1.